The van der Waals surface area contributed by atoms with Gasteiger partial charge in [-0.05, 0) is 18.1 Å². The predicted octanol–water partition coefficient (Wildman–Crippen LogP) is 2.06. The van der Waals surface area contributed by atoms with Gasteiger partial charge in [-0.25, -0.2) is 4.39 Å². The first kappa shape index (κ1) is 5.42. The monoisotopic (exact) mass is 120 g/mol. The average molecular weight is 120 g/mol. The van der Waals surface area contributed by atoms with Gasteiger partial charge in [-0.3, -0.25) is 0 Å². The van der Waals surface area contributed by atoms with E-state index in [4.69, 9.17) is 0 Å². The molecule has 0 saturated carbocycles. The minimum Gasteiger partial charge on any atom is -0.236 e. The third-order valence-electron chi connectivity index (χ3n) is 1.15. The molecule has 2 unspecified atom stereocenters. The van der Waals surface area contributed by atoms with Gasteiger partial charge < -0.3 is 0 Å². The quantitative estimate of drug-likeness (QED) is 0.471. The minimum absolute atomic E-state index is 0.560. The molecule has 0 amide bonds. The number of hydrogen-bond acceptors (Lipinski definition) is 1. The number of rotatable bonds is 0. The molecule has 0 spiro atoms. The molecule has 7 heavy (non-hydrogen) atoms. The largest absolute Gasteiger partial charge is 0.236 e. The smallest absolute Gasteiger partial charge is 0.146 e. The van der Waals surface area contributed by atoms with Crippen molar-refractivity contribution in [3.05, 3.63) is 0 Å². The highest BCUT2D eigenvalue weighted by Gasteiger charge is 2.20. The summed E-state index contributed by atoms with van der Waals surface area (Å²) in [6.45, 7) is 2.09. The third-order valence-corrected chi connectivity index (χ3v) is 2.46. The standard InChI is InChI=1S/C5H9FS/c1-4-2-5(6)7-3-4/h4-5H,2-3H2,1H3. The van der Waals surface area contributed by atoms with Crippen LogP contribution >= 0.6 is 11.8 Å². The molecule has 2 heteroatoms. The first-order valence-corrected chi connectivity index (χ1v) is 3.59. The van der Waals surface area contributed by atoms with E-state index in [2.05, 4.69) is 6.92 Å². The van der Waals surface area contributed by atoms with Gasteiger partial charge in [-0.15, -0.1) is 11.8 Å². The Morgan fingerprint density at radius 2 is 2.43 bits per heavy atom. The summed E-state index contributed by atoms with van der Waals surface area (Å²) in [6, 6.07) is 0. The zero-order valence-electron chi connectivity index (χ0n) is 4.36. The lowest BCUT2D eigenvalue weighted by molar-refractivity contribution is 0.407. The molecule has 1 rings (SSSR count). The fourth-order valence-electron chi connectivity index (χ4n) is 0.721. The van der Waals surface area contributed by atoms with Gasteiger partial charge >= 0.3 is 0 Å². The Hall–Kier alpha value is 0.280. The molecule has 0 aromatic rings. The number of alkyl halides is 1. The molecule has 1 fully saturated rings. The average Bonchev–Trinajstić information content (AvgIpc) is 1.87. The molecule has 0 N–H and O–H groups in total. The lowest BCUT2D eigenvalue weighted by Crippen LogP contribution is -1.89. The first-order chi connectivity index (χ1) is 3.29. The van der Waals surface area contributed by atoms with Gasteiger partial charge in [0.2, 0.25) is 0 Å². The van der Waals surface area contributed by atoms with Crippen molar-refractivity contribution >= 4 is 11.8 Å². The summed E-state index contributed by atoms with van der Waals surface area (Å²) in [6.07, 6.45) is 0.769. The van der Waals surface area contributed by atoms with Gasteiger partial charge in [0.15, 0.2) is 0 Å². The van der Waals surface area contributed by atoms with Crippen LogP contribution in [0.2, 0.25) is 0 Å². The van der Waals surface area contributed by atoms with Crippen LogP contribution in [0.15, 0.2) is 0 Å². The Kier molecular flexibility index (Phi) is 1.57. The second-order valence-corrected chi connectivity index (χ2v) is 3.26. The Labute approximate surface area is 47.5 Å². The molecular weight excluding hydrogens is 111 g/mol. The van der Waals surface area contributed by atoms with Crippen molar-refractivity contribution in [1.82, 2.24) is 0 Å². The summed E-state index contributed by atoms with van der Waals surface area (Å²) in [7, 11) is 0. The Morgan fingerprint density at radius 3 is 2.57 bits per heavy atom. The molecule has 0 aromatic carbocycles. The van der Waals surface area contributed by atoms with E-state index in [9.17, 15) is 4.39 Å². The molecule has 0 aromatic heterocycles. The topological polar surface area (TPSA) is 0 Å². The Morgan fingerprint density at radius 1 is 1.71 bits per heavy atom. The highest BCUT2D eigenvalue weighted by Crippen LogP contribution is 2.31. The lowest BCUT2D eigenvalue weighted by Gasteiger charge is -1.91. The highest BCUT2D eigenvalue weighted by molar-refractivity contribution is 8.00. The van der Waals surface area contributed by atoms with E-state index in [1.807, 2.05) is 0 Å². The summed E-state index contributed by atoms with van der Waals surface area (Å²) in [4.78, 5) is 0. The maximum absolute atomic E-state index is 12.1. The zero-order chi connectivity index (χ0) is 5.28. The predicted molar refractivity (Wildman–Crippen MR) is 31.1 cm³/mol. The second kappa shape index (κ2) is 2.03. The fourth-order valence-corrected chi connectivity index (χ4v) is 1.86. The third kappa shape index (κ3) is 1.34. The Balaban J connectivity index is 2.26. The summed E-state index contributed by atoms with van der Waals surface area (Å²) in [5, 5.41) is 0. The Bertz CT molecular complexity index is 57.1. The number of thioether (sulfide) groups is 1. The maximum atomic E-state index is 12.1. The van der Waals surface area contributed by atoms with Crippen LogP contribution in [0.4, 0.5) is 4.39 Å². The minimum atomic E-state index is -0.560. The molecular formula is C5H9FS. The van der Waals surface area contributed by atoms with Crippen molar-refractivity contribution in [2.75, 3.05) is 5.75 Å². The first-order valence-electron chi connectivity index (χ1n) is 2.54. The molecule has 1 heterocycles. The van der Waals surface area contributed by atoms with Crippen molar-refractivity contribution in [3.63, 3.8) is 0 Å². The fraction of sp³-hybridized carbons (Fsp3) is 1.00. The van der Waals surface area contributed by atoms with Gasteiger partial charge in [0.25, 0.3) is 0 Å². The van der Waals surface area contributed by atoms with Crippen LogP contribution in [0, 0.1) is 5.92 Å². The molecule has 1 saturated heterocycles. The van der Waals surface area contributed by atoms with Gasteiger partial charge in [-0.1, -0.05) is 6.92 Å². The van der Waals surface area contributed by atoms with E-state index >= 15 is 0 Å². The normalized spacial score (nSPS) is 42.0. The van der Waals surface area contributed by atoms with E-state index in [-0.39, 0.29) is 0 Å². The summed E-state index contributed by atoms with van der Waals surface area (Å²) in [5.74, 6) is 1.63. The van der Waals surface area contributed by atoms with Crippen LogP contribution in [0.1, 0.15) is 13.3 Å². The molecule has 42 valence electrons. The van der Waals surface area contributed by atoms with E-state index in [0.29, 0.717) is 5.92 Å². The van der Waals surface area contributed by atoms with Crippen molar-refractivity contribution in [1.29, 1.82) is 0 Å². The molecule has 1 aliphatic heterocycles. The summed E-state index contributed by atoms with van der Waals surface area (Å²) < 4.78 is 12.1. The van der Waals surface area contributed by atoms with Crippen LogP contribution in [-0.2, 0) is 0 Å². The second-order valence-electron chi connectivity index (χ2n) is 2.08. The van der Waals surface area contributed by atoms with Crippen LogP contribution in [0.25, 0.3) is 0 Å². The van der Waals surface area contributed by atoms with Crippen LogP contribution in [-0.4, -0.2) is 11.3 Å². The highest BCUT2D eigenvalue weighted by atomic mass is 32.2. The van der Waals surface area contributed by atoms with E-state index in [1.54, 1.807) is 0 Å². The summed E-state index contributed by atoms with van der Waals surface area (Å²) >= 11 is 1.44. The van der Waals surface area contributed by atoms with E-state index in [1.165, 1.54) is 11.8 Å². The number of hydrogen-bond donors (Lipinski definition) is 0. The zero-order valence-corrected chi connectivity index (χ0v) is 5.17. The van der Waals surface area contributed by atoms with Crippen molar-refractivity contribution < 1.29 is 4.39 Å². The molecule has 0 nitrogen and oxygen atoms in total. The van der Waals surface area contributed by atoms with E-state index in [0.717, 1.165) is 12.2 Å². The van der Waals surface area contributed by atoms with Gasteiger partial charge in [-0.2, -0.15) is 0 Å². The van der Waals surface area contributed by atoms with Crippen molar-refractivity contribution in [3.8, 4) is 0 Å². The molecule has 1 aliphatic rings. The maximum Gasteiger partial charge on any atom is 0.146 e. The van der Waals surface area contributed by atoms with Crippen molar-refractivity contribution in [2.45, 2.75) is 18.8 Å². The van der Waals surface area contributed by atoms with Crippen LogP contribution in [0.3, 0.4) is 0 Å². The summed E-state index contributed by atoms with van der Waals surface area (Å²) in [5.41, 5.74) is -0.560. The number of halogens is 1. The lowest BCUT2D eigenvalue weighted by atomic mass is 10.2. The van der Waals surface area contributed by atoms with Gasteiger partial charge in [0.05, 0.1) is 0 Å². The SMILES string of the molecule is CC1CSC(F)C1. The molecule has 0 radical (unpaired) electrons. The van der Waals surface area contributed by atoms with Crippen LogP contribution in [0.5, 0.6) is 0 Å². The van der Waals surface area contributed by atoms with Gasteiger partial charge in [0.1, 0.15) is 5.50 Å². The molecule has 0 bridgehead atoms. The molecule has 2 atom stereocenters. The molecule has 0 aliphatic carbocycles. The van der Waals surface area contributed by atoms with Gasteiger partial charge in [0, 0.05) is 0 Å². The van der Waals surface area contributed by atoms with E-state index < -0.39 is 5.50 Å². The van der Waals surface area contributed by atoms with Crippen LogP contribution < -0.4 is 0 Å². The van der Waals surface area contributed by atoms with Crippen molar-refractivity contribution in [2.24, 2.45) is 5.92 Å².